The molecule has 0 saturated carbocycles. The van der Waals surface area contributed by atoms with E-state index in [9.17, 15) is 4.79 Å². The van der Waals surface area contributed by atoms with Crippen LogP contribution in [0.3, 0.4) is 0 Å². The molecule has 6 nitrogen and oxygen atoms in total. The molecule has 0 radical (unpaired) electrons. The lowest BCUT2D eigenvalue weighted by Gasteiger charge is -2.12. The number of aromatic nitrogens is 1. The first-order chi connectivity index (χ1) is 12.6. The lowest BCUT2D eigenvalue weighted by molar-refractivity contribution is -0.116. The van der Waals surface area contributed by atoms with E-state index in [1.54, 1.807) is 18.4 Å². The standard InChI is InChI=1S/C19H27N5OS.HI/c1-4-7-17(25)24-15-9-6-8-14(10-15)11-22-19(20-3)23-13-18-21-12-16(5-2)26-18;/h6,8-10,12H,4-5,7,11,13H2,1-3H3,(H,24,25)(H2,20,22,23);1H. The summed E-state index contributed by atoms with van der Waals surface area (Å²) >= 11 is 1.71. The zero-order chi connectivity index (χ0) is 18.8. The number of halogens is 1. The summed E-state index contributed by atoms with van der Waals surface area (Å²) in [7, 11) is 1.75. The fourth-order valence-corrected chi connectivity index (χ4v) is 3.17. The number of anilines is 1. The maximum absolute atomic E-state index is 11.7. The molecule has 0 aliphatic carbocycles. The van der Waals surface area contributed by atoms with Gasteiger partial charge in [0.15, 0.2) is 5.96 Å². The molecule has 0 saturated heterocycles. The van der Waals surface area contributed by atoms with Crippen molar-refractivity contribution in [2.75, 3.05) is 12.4 Å². The summed E-state index contributed by atoms with van der Waals surface area (Å²) in [5, 5.41) is 10.5. The van der Waals surface area contributed by atoms with E-state index in [0.717, 1.165) is 35.1 Å². The fourth-order valence-electron chi connectivity index (χ4n) is 2.37. The van der Waals surface area contributed by atoms with Crippen molar-refractivity contribution in [2.24, 2.45) is 4.99 Å². The minimum absolute atomic E-state index is 0. The second-order valence-electron chi connectivity index (χ2n) is 5.85. The first-order valence-corrected chi connectivity index (χ1v) is 9.73. The molecule has 0 aliphatic rings. The SMILES string of the molecule is CCCC(=O)Nc1cccc(CNC(=NC)NCc2ncc(CC)s2)c1.I. The molecule has 2 aromatic rings. The molecule has 0 fully saturated rings. The number of carbonyl (C=O) groups is 1. The normalized spacial score (nSPS) is 10.9. The van der Waals surface area contributed by atoms with Crippen LogP contribution >= 0.6 is 35.3 Å². The lowest BCUT2D eigenvalue weighted by atomic mass is 10.2. The van der Waals surface area contributed by atoms with Gasteiger partial charge in [-0.25, -0.2) is 4.98 Å². The van der Waals surface area contributed by atoms with Crippen molar-refractivity contribution in [3.8, 4) is 0 Å². The number of guanidine groups is 1. The summed E-state index contributed by atoms with van der Waals surface area (Å²) in [6, 6.07) is 7.83. The second-order valence-corrected chi connectivity index (χ2v) is 7.05. The molecule has 0 aliphatic heterocycles. The van der Waals surface area contributed by atoms with E-state index in [2.05, 4.69) is 32.9 Å². The second kappa shape index (κ2) is 12.7. The van der Waals surface area contributed by atoms with Crippen LogP contribution in [0.5, 0.6) is 0 Å². The van der Waals surface area contributed by atoms with Gasteiger partial charge in [-0.3, -0.25) is 9.79 Å². The zero-order valence-electron chi connectivity index (χ0n) is 16.0. The largest absolute Gasteiger partial charge is 0.352 e. The molecule has 3 N–H and O–H groups in total. The van der Waals surface area contributed by atoms with Gasteiger partial charge in [0.05, 0.1) is 6.54 Å². The summed E-state index contributed by atoms with van der Waals surface area (Å²) in [6.07, 6.45) is 4.31. The highest BCUT2D eigenvalue weighted by atomic mass is 127. The van der Waals surface area contributed by atoms with E-state index in [0.29, 0.717) is 19.5 Å². The number of aliphatic imine (C=N–C) groups is 1. The number of benzene rings is 1. The van der Waals surface area contributed by atoms with Crippen molar-refractivity contribution < 1.29 is 4.79 Å². The lowest BCUT2D eigenvalue weighted by Crippen LogP contribution is -2.36. The Labute approximate surface area is 182 Å². The number of hydrogen-bond acceptors (Lipinski definition) is 4. The Hall–Kier alpha value is -1.68. The van der Waals surface area contributed by atoms with E-state index in [1.165, 1.54) is 4.88 Å². The molecule has 27 heavy (non-hydrogen) atoms. The van der Waals surface area contributed by atoms with Crippen LogP contribution in [0.25, 0.3) is 0 Å². The van der Waals surface area contributed by atoms with Crippen molar-refractivity contribution in [1.82, 2.24) is 15.6 Å². The van der Waals surface area contributed by atoms with E-state index in [1.807, 2.05) is 37.4 Å². The van der Waals surface area contributed by atoms with Crippen LogP contribution < -0.4 is 16.0 Å². The van der Waals surface area contributed by atoms with Gasteiger partial charge in [0, 0.05) is 36.8 Å². The van der Waals surface area contributed by atoms with Crippen LogP contribution in [-0.2, 0) is 24.3 Å². The van der Waals surface area contributed by atoms with Crippen molar-refractivity contribution in [3.63, 3.8) is 0 Å². The molecule has 1 aromatic carbocycles. The molecular formula is C19H28IN5OS. The van der Waals surface area contributed by atoms with E-state index >= 15 is 0 Å². The van der Waals surface area contributed by atoms with Gasteiger partial charge in [-0.05, 0) is 30.5 Å². The van der Waals surface area contributed by atoms with E-state index in [4.69, 9.17) is 0 Å². The predicted molar refractivity (Wildman–Crippen MR) is 124 cm³/mol. The highest BCUT2D eigenvalue weighted by Gasteiger charge is 2.04. The number of nitrogens with one attached hydrogen (secondary N) is 3. The van der Waals surface area contributed by atoms with Gasteiger partial charge in [-0.2, -0.15) is 0 Å². The highest BCUT2D eigenvalue weighted by molar-refractivity contribution is 14.0. The number of thiazole rings is 1. The number of nitrogens with zero attached hydrogens (tertiary/aromatic N) is 2. The van der Waals surface area contributed by atoms with Crippen LogP contribution in [0.2, 0.25) is 0 Å². The summed E-state index contributed by atoms with van der Waals surface area (Å²) in [6.45, 7) is 5.39. The van der Waals surface area contributed by atoms with Crippen molar-refractivity contribution >= 4 is 52.9 Å². The Morgan fingerprint density at radius 2 is 2.00 bits per heavy atom. The Balaban J connectivity index is 0.00000364. The number of carbonyl (C=O) groups excluding carboxylic acids is 1. The zero-order valence-corrected chi connectivity index (χ0v) is 19.2. The van der Waals surface area contributed by atoms with Crippen LogP contribution in [0.1, 0.15) is 42.1 Å². The van der Waals surface area contributed by atoms with Crippen LogP contribution in [0.4, 0.5) is 5.69 Å². The quantitative estimate of drug-likeness (QED) is 0.291. The van der Waals surface area contributed by atoms with Crippen molar-refractivity contribution in [3.05, 3.63) is 45.9 Å². The number of aryl methyl sites for hydroxylation is 1. The van der Waals surface area contributed by atoms with Crippen LogP contribution in [0, 0.1) is 0 Å². The number of hydrogen-bond donors (Lipinski definition) is 3. The van der Waals surface area contributed by atoms with Gasteiger partial charge in [-0.1, -0.05) is 26.0 Å². The first-order valence-electron chi connectivity index (χ1n) is 8.91. The first kappa shape index (κ1) is 23.4. The topological polar surface area (TPSA) is 78.4 Å². The van der Waals surface area contributed by atoms with Gasteiger partial charge in [-0.15, -0.1) is 35.3 Å². The van der Waals surface area contributed by atoms with Gasteiger partial charge in [0.1, 0.15) is 5.01 Å². The molecule has 2 rings (SSSR count). The molecule has 1 amide bonds. The Morgan fingerprint density at radius 1 is 1.22 bits per heavy atom. The van der Waals surface area contributed by atoms with Gasteiger partial charge >= 0.3 is 0 Å². The monoisotopic (exact) mass is 501 g/mol. The molecule has 0 atom stereocenters. The third kappa shape index (κ3) is 8.25. The summed E-state index contributed by atoms with van der Waals surface area (Å²) in [5.41, 5.74) is 1.89. The minimum atomic E-state index is 0. The smallest absolute Gasteiger partial charge is 0.224 e. The average molecular weight is 501 g/mol. The number of amides is 1. The summed E-state index contributed by atoms with van der Waals surface area (Å²) in [4.78, 5) is 21.6. The van der Waals surface area contributed by atoms with Gasteiger partial charge in [0.25, 0.3) is 0 Å². The average Bonchev–Trinajstić information content (AvgIpc) is 3.10. The van der Waals surface area contributed by atoms with Gasteiger partial charge in [0.2, 0.25) is 5.91 Å². The minimum Gasteiger partial charge on any atom is -0.352 e. The van der Waals surface area contributed by atoms with Crippen LogP contribution in [-0.4, -0.2) is 23.9 Å². The highest BCUT2D eigenvalue weighted by Crippen LogP contribution is 2.13. The molecule has 8 heteroatoms. The Kier molecular flexibility index (Phi) is 11.0. The van der Waals surface area contributed by atoms with Gasteiger partial charge < -0.3 is 16.0 Å². The van der Waals surface area contributed by atoms with Crippen LogP contribution in [0.15, 0.2) is 35.5 Å². The fraction of sp³-hybridized carbons (Fsp3) is 0.421. The van der Waals surface area contributed by atoms with Crippen molar-refractivity contribution in [1.29, 1.82) is 0 Å². The predicted octanol–water partition coefficient (Wildman–Crippen LogP) is 3.93. The summed E-state index contributed by atoms with van der Waals surface area (Å²) in [5.74, 6) is 0.767. The molecule has 1 aromatic heterocycles. The third-order valence-electron chi connectivity index (χ3n) is 3.73. The third-order valence-corrected chi connectivity index (χ3v) is 4.87. The summed E-state index contributed by atoms with van der Waals surface area (Å²) < 4.78 is 0. The molecule has 1 heterocycles. The van der Waals surface area contributed by atoms with Crippen molar-refractivity contribution in [2.45, 2.75) is 46.2 Å². The Morgan fingerprint density at radius 3 is 2.67 bits per heavy atom. The molecule has 0 spiro atoms. The molecule has 148 valence electrons. The maximum atomic E-state index is 11.7. The Bertz CT molecular complexity index is 747. The molecular weight excluding hydrogens is 473 g/mol. The number of rotatable bonds is 8. The maximum Gasteiger partial charge on any atom is 0.224 e. The van der Waals surface area contributed by atoms with E-state index in [-0.39, 0.29) is 29.9 Å². The molecule has 0 unspecified atom stereocenters. The van der Waals surface area contributed by atoms with E-state index < -0.39 is 0 Å². The molecule has 0 bridgehead atoms.